The van der Waals surface area contributed by atoms with Crippen LogP contribution in [0.3, 0.4) is 0 Å². The van der Waals surface area contributed by atoms with Gasteiger partial charge in [0, 0.05) is 7.05 Å². The van der Waals surface area contributed by atoms with Gasteiger partial charge in [-0.05, 0) is 38.0 Å². The first-order valence-electron chi connectivity index (χ1n) is 6.50. The molecular formula is C15H23NO3. The van der Waals surface area contributed by atoms with Crippen molar-refractivity contribution in [2.45, 2.75) is 32.7 Å². The van der Waals surface area contributed by atoms with Crippen LogP contribution in [0, 0.1) is 0 Å². The predicted octanol–water partition coefficient (Wildman–Crippen LogP) is 1.86. The van der Waals surface area contributed by atoms with E-state index in [4.69, 9.17) is 4.74 Å². The number of aryl methyl sites for hydroxylation is 1. The molecule has 1 aromatic carbocycles. The third kappa shape index (κ3) is 4.24. The largest absolute Gasteiger partial charge is 0.484 e. The number of carbonyl (C=O) groups is 1. The number of hydrogen-bond donors (Lipinski definition) is 1. The number of nitrogens with zero attached hydrogens (tertiary/aromatic N) is 1. The molecule has 4 heteroatoms. The Morgan fingerprint density at radius 2 is 2.11 bits per heavy atom. The second kappa shape index (κ2) is 6.57. The van der Waals surface area contributed by atoms with E-state index < -0.39 is 5.54 Å². The van der Waals surface area contributed by atoms with Crippen molar-refractivity contribution in [2.24, 2.45) is 0 Å². The summed E-state index contributed by atoms with van der Waals surface area (Å²) in [4.78, 5) is 13.5. The number of aliphatic hydroxyl groups is 1. The number of hydrogen-bond acceptors (Lipinski definition) is 3. The molecule has 106 valence electrons. The van der Waals surface area contributed by atoms with Crippen LogP contribution >= 0.6 is 0 Å². The van der Waals surface area contributed by atoms with E-state index in [1.807, 2.05) is 38.1 Å². The Labute approximate surface area is 115 Å². The van der Waals surface area contributed by atoms with Gasteiger partial charge in [-0.1, -0.05) is 19.1 Å². The van der Waals surface area contributed by atoms with Crippen molar-refractivity contribution in [3.05, 3.63) is 29.8 Å². The maximum absolute atomic E-state index is 12.0. The first kappa shape index (κ1) is 15.5. The summed E-state index contributed by atoms with van der Waals surface area (Å²) in [5, 5.41) is 9.23. The van der Waals surface area contributed by atoms with Crippen LogP contribution in [0.5, 0.6) is 5.75 Å². The molecular weight excluding hydrogens is 242 g/mol. The maximum Gasteiger partial charge on any atom is 0.260 e. The molecule has 0 aliphatic carbocycles. The summed E-state index contributed by atoms with van der Waals surface area (Å²) in [6.07, 6.45) is 0.933. The minimum atomic E-state index is -0.578. The normalized spacial score (nSPS) is 11.2. The van der Waals surface area contributed by atoms with Gasteiger partial charge in [0.15, 0.2) is 6.61 Å². The number of benzene rings is 1. The smallest absolute Gasteiger partial charge is 0.260 e. The summed E-state index contributed by atoms with van der Waals surface area (Å²) in [6.45, 7) is 5.58. The SMILES string of the molecule is CCc1cccc(OCC(=O)N(C)C(C)(C)CO)c1. The number of ether oxygens (including phenoxy) is 1. The van der Waals surface area contributed by atoms with Crippen LogP contribution in [0.4, 0.5) is 0 Å². The van der Waals surface area contributed by atoms with E-state index in [9.17, 15) is 9.90 Å². The highest BCUT2D eigenvalue weighted by Crippen LogP contribution is 2.15. The molecule has 0 fully saturated rings. The molecule has 0 aliphatic heterocycles. The average molecular weight is 265 g/mol. The molecule has 0 spiro atoms. The number of likely N-dealkylation sites (N-methyl/N-ethyl adjacent to an activating group) is 1. The van der Waals surface area contributed by atoms with E-state index in [-0.39, 0.29) is 19.1 Å². The Morgan fingerprint density at radius 3 is 2.68 bits per heavy atom. The maximum atomic E-state index is 12.0. The topological polar surface area (TPSA) is 49.8 Å². The fourth-order valence-corrected chi connectivity index (χ4v) is 1.54. The lowest BCUT2D eigenvalue weighted by molar-refractivity contribution is -0.138. The highest BCUT2D eigenvalue weighted by molar-refractivity contribution is 5.78. The number of carbonyl (C=O) groups excluding carboxylic acids is 1. The van der Waals surface area contributed by atoms with Gasteiger partial charge in [0.25, 0.3) is 5.91 Å². The minimum absolute atomic E-state index is 0.0207. The van der Waals surface area contributed by atoms with Gasteiger partial charge in [0.2, 0.25) is 0 Å². The molecule has 0 atom stereocenters. The van der Waals surface area contributed by atoms with E-state index in [2.05, 4.69) is 6.92 Å². The molecule has 1 aromatic rings. The summed E-state index contributed by atoms with van der Waals surface area (Å²) in [7, 11) is 1.67. The van der Waals surface area contributed by atoms with Gasteiger partial charge in [0.05, 0.1) is 12.1 Å². The van der Waals surface area contributed by atoms with Gasteiger partial charge in [-0.2, -0.15) is 0 Å². The van der Waals surface area contributed by atoms with Gasteiger partial charge in [0.1, 0.15) is 5.75 Å². The van der Waals surface area contributed by atoms with Gasteiger partial charge in [-0.25, -0.2) is 0 Å². The average Bonchev–Trinajstić information content (AvgIpc) is 2.44. The second-order valence-corrected chi connectivity index (χ2v) is 5.21. The highest BCUT2D eigenvalue weighted by atomic mass is 16.5. The van der Waals surface area contributed by atoms with Crippen LogP contribution in [-0.2, 0) is 11.2 Å². The Balaban J connectivity index is 2.59. The third-order valence-corrected chi connectivity index (χ3v) is 3.34. The molecule has 19 heavy (non-hydrogen) atoms. The van der Waals surface area contributed by atoms with Crippen molar-refractivity contribution in [2.75, 3.05) is 20.3 Å². The lowest BCUT2D eigenvalue weighted by Crippen LogP contribution is -2.49. The molecule has 0 aliphatic rings. The molecule has 0 saturated heterocycles. The first-order valence-corrected chi connectivity index (χ1v) is 6.50. The molecule has 1 rings (SSSR count). The molecule has 0 radical (unpaired) electrons. The van der Waals surface area contributed by atoms with Crippen molar-refractivity contribution >= 4 is 5.91 Å². The zero-order valence-corrected chi connectivity index (χ0v) is 12.1. The van der Waals surface area contributed by atoms with Gasteiger partial charge in [-0.3, -0.25) is 4.79 Å². The fourth-order valence-electron chi connectivity index (χ4n) is 1.54. The zero-order chi connectivity index (χ0) is 14.5. The Bertz CT molecular complexity index is 429. The van der Waals surface area contributed by atoms with Crippen molar-refractivity contribution in [3.8, 4) is 5.75 Å². The number of amides is 1. The van der Waals surface area contributed by atoms with E-state index in [1.165, 1.54) is 10.5 Å². The molecule has 0 heterocycles. The molecule has 4 nitrogen and oxygen atoms in total. The fraction of sp³-hybridized carbons (Fsp3) is 0.533. The predicted molar refractivity (Wildman–Crippen MR) is 75.2 cm³/mol. The molecule has 0 unspecified atom stereocenters. The van der Waals surface area contributed by atoms with Crippen LogP contribution < -0.4 is 4.74 Å². The number of rotatable bonds is 6. The Morgan fingerprint density at radius 1 is 1.42 bits per heavy atom. The second-order valence-electron chi connectivity index (χ2n) is 5.21. The van der Waals surface area contributed by atoms with Crippen LogP contribution in [0.15, 0.2) is 24.3 Å². The van der Waals surface area contributed by atoms with Crippen molar-refractivity contribution in [1.29, 1.82) is 0 Å². The summed E-state index contributed by atoms with van der Waals surface area (Å²) >= 11 is 0. The summed E-state index contributed by atoms with van der Waals surface area (Å²) in [5.74, 6) is 0.545. The van der Waals surface area contributed by atoms with Gasteiger partial charge < -0.3 is 14.7 Å². The highest BCUT2D eigenvalue weighted by Gasteiger charge is 2.26. The molecule has 1 amide bonds. The summed E-state index contributed by atoms with van der Waals surface area (Å²) in [6, 6.07) is 7.71. The van der Waals surface area contributed by atoms with Crippen LogP contribution in [0.2, 0.25) is 0 Å². The molecule has 0 saturated carbocycles. The van der Waals surface area contributed by atoms with E-state index in [0.29, 0.717) is 5.75 Å². The third-order valence-electron chi connectivity index (χ3n) is 3.34. The molecule has 0 aromatic heterocycles. The van der Waals surface area contributed by atoms with E-state index >= 15 is 0 Å². The minimum Gasteiger partial charge on any atom is -0.484 e. The van der Waals surface area contributed by atoms with Gasteiger partial charge >= 0.3 is 0 Å². The first-order chi connectivity index (χ1) is 8.90. The van der Waals surface area contributed by atoms with Crippen molar-refractivity contribution in [3.63, 3.8) is 0 Å². The van der Waals surface area contributed by atoms with Crippen molar-refractivity contribution < 1.29 is 14.6 Å². The molecule has 1 N–H and O–H groups in total. The molecule has 0 bridgehead atoms. The van der Waals surface area contributed by atoms with E-state index in [1.54, 1.807) is 7.05 Å². The van der Waals surface area contributed by atoms with E-state index in [0.717, 1.165) is 6.42 Å². The monoisotopic (exact) mass is 265 g/mol. The Kier molecular flexibility index (Phi) is 5.36. The Hall–Kier alpha value is -1.55. The lowest BCUT2D eigenvalue weighted by Gasteiger charge is -2.33. The quantitative estimate of drug-likeness (QED) is 0.854. The number of aliphatic hydroxyl groups excluding tert-OH is 1. The van der Waals surface area contributed by atoms with Gasteiger partial charge in [-0.15, -0.1) is 0 Å². The summed E-state index contributed by atoms with van der Waals surface area (Å²) < 4.78 is 5.50. The van der Waals surface area contributed by atoms with Crippen LogP contribution in [0.1, 0.15) is 26.3 Å². The van der Waals surface area contributed by atoms with Crippen LogP contribution in [-0.4, -0.2) is 41.7 Å². The van der Waals surface area contributed by atoms with Crippen molar-refractivity contribution in [1.82, 2.24) is 4.90 Å². The lowest BCUT2D eigenvalue weighted by atomic mass is 10.1. The summed E-state index contributed by atoms with van der Waals surface area (Å²) in [5.41, 5.74) is 0.597. The van der Waals surface area contributed by atoms with Crippen LogP contribution in [0.25, 0.3) is 0 Å². The standard InChI is InChI=1S/C15H23NO3/c1-5-12-7-6-8-13(9-12)19-10-14(18)16(4)15(2,3)11-17/h6-9,17H,5,10-11H2,1-4H3. The zero-order valence-electron chi connectivity index (χ0n) is 12.1.